The van der Waals surface area contributed by atoms with E-state index in [4.69, 9.17) is 5.11 Å². The lowest BCUT2D eigenvalue weighted by molar-refractivity contribution is 0.0695. The second-order valence-corrected chi connectivity index (χ2v) is 3.79. The molecule has 0 fully saturated rings. The largest absolute Gasteiger partial charge is 0.477 e. The molecule has 1 aromatic heterocycles. The predicted molar refractivity (Wildman–Crippen MR) is 64.2 cm³/mol. The molecule has 0 amide bonds. The third-order valence-corrected chi connectivity index (χ3v) is 2.50. The number of carboxylic acids is 1. The summed E-state index contributed by atoms with van der Waals surface area (Å²) in [6.45, 7) is 1.97. The SMILES string of the molecule is Cc1ccc(-c2ccc(C(=O)O)c(=O)[nH]2)cc1. The van der Waals surface area contributed by atoms with Crippen molar-refractivity contribution in [3.8, 4) is 11.3 Å². The van der Waals surface area contributed by atoms with Crippen LogP contribution in [0.5, 0.6) is 0 Å². The summed E-state index contributed by atoms with van der Waals surface area (Å²) in [6.07, 6.45) is 0. The summed E-state index contributed by atoms with van der Waals surface area (Å²) in [7, 11) is 0. The Morgan fingerprint density at radius 3 is 2.29 bits per heavy atom. The lowest BCUT2D eigenvalue weighted by atomic mass is 10.1. The van der Waals surface area contributed by atoms with Gasteiger partial charge in [-0.15, -0.1) is 0 Å². The molecule has 2 rings (SSSR count). The lowest BCUT2D eigenvalue weighted by Gasteiger charge is -2.02. The molecule has 1 heterocycles. The summed E-state index contributed by atoms with van der Waals surface area (Å²) in [4.78, 5) is 24.7. The van der Waals surface area contributed by atoms with Crippen LogP contribution in [0.1, 0.15) is 15.9 Å². The third kappa shape index (κ3) is 2.25. The number of rotatable bonds is 2. The van der Waals surface area contributed by atoms with E-state index in [1.165, 1.54) is 6.07 Å². The molecular weight excluding hydrogens is 218 g/mol. The average Bonchev–Trinajstić information content (AvgIpc) is 2.29. The zero-order chi connectivity index (χ0) is 12.4. The predicted octanol–water partition coefficient (Wildman–Crippen LogP) is 2.05. The lowest BCUT2D eigenvalue weighted by Crippen LogP contribution is -2.17. The number of hydrogen-bond donors (Lipinski definition) is 2. The number of hydrogen-bond acceptors (Lipinski definition) is 2. The number of pyridine rings is 1. The van der Waals surface area contributed by atoms with Gasteiger partial charge in [-0.3, -0.25) is 4.79 Å². The Hall–Kier alpha value is -2.36. The molecule has 4 nitrogen and oxygen atoms in total. The molecule has 2 aromatic rings. The number of aromatic amines is 1. The molecule has 0 spiro atoms. The maximum atomic E-state index is 11.5. The van der Waals surface area contributed by atoms with Crippen molar-refractivity contribution in [1.29, 1.82) is 0 Å². The number of H-pyrrole nitrogens is 1. The first-order valence-electron chi connectivity index (χ1n) is 5.11. The number of aryl methyl sites for hydroxylation is 1. The highest BCUT2D eigenvalue weighted by molar-refractivity contribution is 5.87. The number of aromatic nitrogens is 1. The van der Waals surface area contributed by atoms with Gasteiger partial charge in [0.2, 0.25) is 0 Å². The van der Waals surface area contributed by atoms with Gasteiger partial charge in [0.05, 0.1) is 0 Å². The zero-order valence-electron chi connectivity index (χ0n) is 9.23. The van der Waals surface area contributed by atoms with Crippen molar-refractivity contribution in [3.05, 3.63) is 57.9 Å². The summed E-state index contributed by atoms with van der Waals surface area (Å²) >= 11 is 0. The molecule has 17 heavy (non-hydrogen) atoms. The first kappa shape index (κ1) is 11.1. The highest BCUT2D eigenvalue weighted by atomic mass is 16.4. The number of carbonyl (C=O) groups is 1. The molecule has 1 aromatic carbocycles. The maximum absolute atomic E-state index is 11.5. The topological polar surface area (TPSA) is 70.2 Å². The number of carboxylic acid groups (broad SMARTS) is 1. The fourth-order valence-corrected chi connectivity index (χ4v) is 1.54. The van der Waals surface area contributed by atoms with Crippen LogP contribution < -0.4 is 5.56 Å². The summed E-state index contributed by atoms with van der Waals surface area (Å²) in [5, 5.41) is 8.74. The van der Waals surface area contributed by atoms with Crippen molar-refractivity contribution in [2.75, 3.05) is 0 Å². The van der Waals surface area contributed by atoms with Crippen molar-refractivity contribution in [2.24, 2.45) is 0 Å². The quantitative estimate of drug-likeness (QED) is 0.827. The first-order valence-corrected chi connectivity index (χ1v) is 5.11. The van der Waals surface area contributed by atoms with Crippen molar-refractivity contribution in [3.63, 3.8) is 0 Å². The Morgan fingerprint density at radius 1 is 1.12 bits per heavy atom. The van der Waals surface area contributed by atoms with E-state index in [-0.39, 0.29) is 5.56 Å². The third-order valence-electron chi connectivity index (χ3n) is 2.50. The molecule has 0 atom stereocenters. The minimum Gasteiger partial charge on any atom is -0.477 e. The van der Waals surface area contributed by atoms with Crippen LogP contribution >= 0.6 is 0 Å². The minimum atomic E-state index is -1.22. The monoisotopic (exact) mass is 229 g/mol. The molecule has 0 saturated heterocycles. The van der Waals surface area contributed by atoms with Gasteiger partial charge in [-0.1, -0.05) is 29.8 Å². The Morgan fingerprint density at radius 2 is 1.76 bits per heavy atom. The molecule has 4 heteroatoms. The van der Waals surface area contributed by atoms with Crippen molar-refractivity contribution in [2.45, 2.75) is 6.92 Å². The molecular formula is C13H11NO3. The van der Waals surface area contributed by atoms with Gasteiger partial charge in [0.25, 0.3) is 5.56 Å². The fraction of sp³-hybridized carbons (Fsp3) is 0.0769. The van der Waals surface area contributed by atoms with Crippen LogP contribution in [0.15, 0.2) is 41.2 Å². The standard InChI is InChI=1S/C13H11NO3/c1-8-2-4-9(5-3-8)11-7-6-10(13(16)17)12(15)14-11/h2-7H,1H3,(H,14,15)(H,16,17). The summed E-state index contributed by atoms with van der Waals surface area (Å²) in [6, 6.07) is 10.5. The van der Waals surface area contributed by atoms with Crippen LogP contribution in [0.4, 0.5) is 0 Å². The number of aromatic carboxylic acids is 1. The highest BCUT2D eigenvalue weighted by Gasteiger charge is 2.08. The summed E-state index contributed by atoms with van der Waals surface area (Å²) < 4.78 is 0. The molecule has 0 unspecified atom stereocenters. The highest BCUT2D eigenvalue weighted by Crippen LogP contribution is 2.16. The van der Waals surface area contributed by atoms with Crippen molar-refractivity contribution in [1.82, 2.24) is 4.98 Å². The maximum Gasteiger partial charge on any atom is 0.341 e. The van der Waals surface area contributed by atoms with Gasteiger partial charge in [0.15, 0.2) is 0 Å². The number of benzene rings is 1. The Kier molecular flexibility index (Phi) is 2.78. The zero-order valence-corrected chi connectivity index (χ0v) is 9.23. The Labute approximate surface area is 97.6 Å². The van der Waals surface area contributed by atoms with Crippen LogP contribution in [0, 0.1) is 6.92 Å². The smallest absolute Gasteiger partial charge is 0.341 e. The Balaban J connectivity index is 2.48. The van der Waals surface area contributed by atoms with Gasteiger partial charge >= 0.3 is 5.97 Å². The van der Waals surface area contributed by atoms with Crippen LogP contribution in [0.2, 0.25) is 0 Å². The van der Waals surface area contributed by atoms with Crippen LogP contribution in [0.25, 0.3) is 11.3 Å². The fourth-order valence-electron chi connectivity index (χ4n) is 1.54. The van der Waals surface area contributed by atoms with Gasteiger partial charge in [0, 0.05) is 5.69 Å². The molecule has 0 bridgehead atoms. The molecule has 0 radical (unpaired) electrons. The summed E-state index contributed by atoms with van der Waals surface area (Å²) in [5.41, 5.74) is 1.75. The molecule has 86 valence electrons. The molecule has 0 aliphatic rings. The molecule has 2 N–H and O–H groups in total. The van der Waals surface area contributed by atoms with E-state index >= 15 is 0 Å². The van der Waals surface area contributed by atoms with Gasteiger partial charge < -0.3 is 10.1 Å². The van der Waals surface area contributed by atoms with Gasteiger partial charge in [0.1, 0.15) is 5.56 Å². The normalized spacial score (nSPS) is 10.2. The van der Waals surface area contributed by atoms with Crippen molar-refractivity contribution < 1.29 is 9.90 Å². The minimum absolute atomic E-state index is 0.249. The van der Waals surface area contributed by atoms with E-state index in [0.29, 0.717) is 5.69 Å². The van der Waals surface area contributed by atoms with Crippen LogP contribution in [-0.2, 0) is 0 Å². The second-order valence-electron chi connectivity index (χ2n) is 3.79. The average molecular weight is 229 g/mol. The summed E-state index contributed by atoms with van der Waals surface area (Å²) in [5.74, 6) is -1.22. The molecule has 0 saturated carbocycles. The van der Waals surface area contributed by atoms with E-state index < -0.39 is 11.5 Å². The van der Waals surface area contributed by atoms with E-state index in [1.54, 1.807) is 6.07 Å². The molecule has 0 aliphatic heterocycles. The molecule has 0 aliphatic carbocycles. The van der Waals surface area contributed by atoms with E-state index in [1.807, 2.05) is 31.2 Å². The first-order chi connectivity index (χ1) is 8.08. The van der Waals surface area contributed by atoms with Gasteiger partial charge in [-0.25, -0.2) is 4.79 Å². The Bertz CT molecular complexity index is 611. The second kappa shape index (κ2) is 4.25. The van der Waals surface area contributed by atoms with Crippen molar-refractivity contribution >= 4 is 5.97 Å². The van der Waals surface area contributed by atoms with E-state index in [2.05, 4.69) is 4.98 Å². The van der Waals surface area contributed by atoms with E-state index in [9.17, 15) is 9.59 Å². The van der Waals surface area contributed by atoms with Crippen LogP contribution in [0.3, 0.4) is 0 Å². The van der Waals surface area contributed by atoms with E-state index in [0.717, 1.165) is 11.1 Å². The van der Waals surface area contributed by atoms with Gasteiger partial charge in [-0.05, 0) is 24.6 Å². The number of nitrogens with one attached hydrogen (secondary N) is 1. The van der Waals surface area contributed by atoms with Crippen LogP contribution in [-0.4, -0.2) is 16.1 Å². The van der Waals surface area contributed by atoms with Gasteiger partial charge in [-0.2, -0.15) is 0 Å².